The Kier molecular flexibility index (Phi) is 2.82. The van der Waals surface area contributed by atoms with Gasteiger partial charge in [-0.25, -0.2) is 4.39 Å². The SMILES string of the molecule is Fc1ccc2cc(CNC3(c4ccccc4)CC3)[nH]c2c1. The molecule has 21 heavy (non-hydrogen) atoms. The fourth-order valence-electron chi connectivity index (χ4n) is 2.97. The van der Waals surface area contributed by atoms with Crippen LogP contribution in [0.25, 0.3) is 10.9 Å². The Morgan fingerprint density at radius 3 is 2.62 bits per heavy atom. The van der Waals surface area contributed by atoms with Gasteiger partial charge in [-0.3, -0.25) is 0 Å². The summed E-state index contributed by atoms with van der Waals surface area (Å²) in [4.78, 5) is 3.29. The van der Waals surface area contributed by atoms with Gasteiger partial charge in [0.05, 0.1) is 0 Å². The number of fused-ring (bicyclic) bond motifs is 1. The molecule has 3 aromatic rings. The lowest BCUT2D eigenvalue weighted by atomic mass is 10.1. The van der Waals surface area contributed by atoms with Crippen molar-refractivity contribution in [2.75, 3.05) is 0 Å². The predicted molar refractivity (Wildman–Crippen MR) is 82.5 cm³/mol. The summed E-state index contributed by atoms with van der Waals surface area (Å²) in [6, 6.07) is 17.5. The lowest BCUT2D eigenvalue weighted by Crippen LogP contribution is -2.28. The van der Waals surface area contributed by atoms with E-state index in [2.05, 4.69) is 40.6 Å². The Labute approximate surface area is 123 Å². The number of aromatic nitrogens is 1. The zero-order valence-corrected chi connectivity index (χ0v) is 11.7. The van der Waals surface area contributed by atoms with Gasteiger partial charge in [0, 0.05) is 23.3 Å². The summed E-state index contributed by atoms with van der Waals surface area (Å²) in [5, 5.41) is 4.71. The molecule has 0 aliphatic heterocycles. The van der Waals surface area contributed by atoms with E-state index in [4.69, 9.17) is 0 Å². The number of nitrogens with one attached hydrogen (secondary N) is 2. The molecule has 0 spiro atoms. The highest BCUT2D eigenvalue weighted by Crippen LogP contribution is 2.45. The zero-order valence-electron chi connectivity index (χ0n) is 11.7. The first-order valence-corrected chi connectivity index (χ1v) is 7.33. The molecular formula is C18H17FN2. The van der Waals surface area contributed by atoms with Crippen LogP contribution >= 0.6 is 0 Å². The number of H-pyrrole nitrogens is 1. The van der Waals surface area contributed by atoms with Crippen molar-refractivity contribution >= 4 is 10.9 Å². The molecule has 0 atom stereocenters. The first kappa shape index (κ1) is 12.6. The quantitative estimate of drug-likeness (QED) is 0.740. The molecule has 1 aliphatic rings. The van der Waals surface area contributed by atoms with Crippen molar-refractivity contribution in [2.45, 2.75) is 24.9 Å². The van der Waals surface area contributed by atoms with Crippen LogP contribution in [0, 0.1) is 5.82 Å². The lowest BCUT2D eigenvalue weighted by Gasteiger charge is -2.17. The molecule has 4 rings (SSSR count). The topological polar surface area (TPSA) is 27.8 Å². The van der Waals surface area contributed by atoms with Crippen LogP contribution in [-0.4, -0.2) is 4.98 Å². The molecule has 0 bridgehead atoms. The summed E-state index contributed by atoms with van der Waals surface area (Å²) in [7, 11) is 0. The van der Waals surface area contributed by atoms with Gasteiger partial charge in [0.25, 0.3) is 0 Å². The highest BCUT2D eigenvalue weighted by atomic mass is 19.1. The van der Waals surface area contributed by atoms with Gasteiger partial charge in [0.15, 0.2) is 0 Å². The van der Waals surface area contributed by atoms with E-state index in [0.29, 0.717) is 0 Å². The van der Waals surface area contributed by atoms with E-state index in [0.717, 1.165) is 23.1 Å². The van der Waals surface area contributed by atoms with Crippen LogP contribution in [0.4, 0.5) is 4.39 Å². The van der Waals surface area contributed by atoms with Crippen molar-refractivity contribution in [3.8, 4) is 0 Å². The highest BCUT2D eigenvalue weighted by molar-refractivity contribution is 5.80. The van der Waals surface area contributed by atoms with Crippen LogP contribution in [0.2, 0.25) is 0 Å². The van der Waals surface area contributed by atoms with Gasteiger partial charge in [-0.15, -0.1) is 0 Å². The number of aromatic amines is 1. The van der Waals surface area contributed by atoms with Crippen molar-refractivity contribution in [2.24, 2.45) is 0 Å². The first-order valence-electron chi connectivity index (χ1n) is 7.33. The van der Waals surface area contributed by atoms with Crippen molar-refractivity contribution < 1.29 is 4.39 Å². The van der Waals surface area contributed by atoms with Crippen molar-refractivity contribution in [3.63, 3.8) is 0 Å². The van der Waals surface area contributed by atoms with Crippen LogP contribution in [-0.2, 0) is 12.1 Å². The molecule has 2 nitrogen and oxygen atoms in total. The second-order valence-corrected chi connectivity index (χ2v) is 5.83. The third-order valence-electron chi connectivity index (χ3n) is 4.33. The van der Waals surface area contributed by atoms with Crippen LogP contribution in [0.5, 0.6) is 0 Å². The second kappa shape index (κ2) is 4.71. The normalized spacial score (nSPS) is 16.2. The van der Waals surface area contributed by atoms with Crippen molar-refractivity contribution in [1.29, 1.82) is 0 Å². The standard InChI is InChI=1S/C18H17FN2/c19-15-7-6-13-10-16(21-17(13)11-15)12-20-18(8-9-18)14-4-2-1-3-5-14/h1-7,10-11,20-21H,8-9,12H2. The summed E-state index contributed by atoms with van der Waals surface area (Å²) in [6.45, 7) is 0.769. The summed E-state index contributed by atoms with van der Waals surface area (Å²) in [5.74, 6) is -0.202. The van der Waals surface area contributed by atoms with E-state index in [1.807, 2.05) is 12.1 Å². The number of hydrogen-bond acceptors (Lipinski definition) is 1. The Hall–Kier alpha value is -2.13. The average Bonchev–Trinajstić information content (AvgIpc) is 3.20. The minimum Gasteiger partial charge on any atom is -0.357 e. The maximum absolute atomic E-state index is 13.2. The Bertz CT molecular complexity index is 772. The van der Waals surface area contributed by atoms with Gasteiger partial charge in [-0.2, -0.15) is 0 Å². The van der Waals surface area contributed by atoms with Crippen molar-refractivity contribution in [1.82, 2.24) is 10.3 Å². The number of benzene rings is 2. The molecule has 2 N–H and O–H groups in total. The third kappa shape index (κ3) is 2.34. The average molecular weight is 280 g/mol. The van der Waals surface area contributed by atoms with E-state index in [1.165, 1.54) is 24.5 Å². The van der Waals surface area contributed by atoms with Crippen LogP contribution in [0.3, 0.4) is 0 Å². The minimum atomic E-state index is -0.202. The van der Waals surface area contributed by atoms with E-state index >= 15 is 0 Å². The number of hydrogen-bond donors (Lipinski definition) is 2. The smallest absolute Gasteiger partial charge is 0.125 e. The Morgan fingerprint density at radius 2 is 1.86 bits per heavy atom. The molecule has 1 saturated carbocycles. The number of rotatable bonds is 4. The second-order valence-electron chi connectivity index (χ2n) is 5.83. The molecular weight excluding hydrogens is 263 g/mol. The van der Waals surface area contributed by atoms with Gasteiger partial charge in [0.1, 0.15) is 5.82 Å². The van der Waals surface area contributed by atoms with Crippen LogP contribution < -0.4 is 5.32 Å². The molecule has 3 heteroatoms. The van der Waals surface area contributed by atoms with Gasteiger partial charge in [-0.05, 0) is 48.1 Å². The number of halogens is 1. The monoisotopic (exact) mass is 280 g/mol. The maximum Gasteiger partial charge on any atom is 0.125 e. The van der Waals surface area contributed by atoms with E-state index in [9.17, 15) is 4.39 Å². The first-order chi connectivity index (χ1) is 10.3. The molecule has 0 saturated heterocycles. The van der Waals surface area contributed by atoms with Crippen LogP contribution in [0.15, 0.2) is 54.6 Å². The molecule has 1 fully saturated rings. The summed E-state index contributed by atoms with van der Waals surface area (Å²) >= 11 is 0. The molecule has 1 heterocycles. The molecule has 2 aromatic carbocycles. The maximum atomic E-state index is 13.2. The molecule has 1 aromatic heterocycles. The van der Waals surface area contributed by atoms with E-state index < -0.39 is 0 Å². The summed E-state index contributed by atoms with van der Waals surface area (Å²) in [5.41, 5.74) is 3.44. The summed E-state index contributed by atoms with van der Waals surface area (Å²) < 4.78 is 13.2. The molecule has 0 unspecified atom stereocenters. The zero-order chi connectivity index (χ0) is 14.3. The Morgan fingerprint density at radius 1 is 1.05 bits per heavy atom. The van der Waals surface area contributed by atoms with Crippen LogP contribution in [0.1, 0.15) is 24.1 Å². The van der Waals surface area contributed by atoms with E-state index in [-0.39, 0.29) is 11.4 Å². The lowest BCUT2D eigenvalue weighted by molar-refractivity contribution is 0.515. The molecule has 1 aliphatic carbocycles. The fourth-order valence-corrected chi connectivity index (χ4v) is 2.97. The van der Waals surface area contributed by atoms with Crippen molar-refractivity contribution in [3.05, 3.63) is 71.7 Å². The highest BCUT2D eigenvalue weighted by Gasteiger charge is 2.43. The van der Waals surface area contributed by atoms with Gasteiger partial charge in [-0.1, -0.05) is 30.3 Å². The minimum absolute atomic E-state index is 0.129. The van der Waals surface area contributed by atoms with Gasteiger partial charge < -0.3 is 10.3 Å². The van der Waals surface area contributed by atoms with Gasteiger partial charge >= 0.3 is 0 Å². The molecule has 0 amide bonds. The Balaban J connectivity index is 1.53. The fraction of sp³-hybridized carbons (Fsp3) is 0.222. The van der Waals surface area contributed by atoms with Gasteiger partial charge in [0.2, 0.25) is 0 Å². The van der Waals surface area contributed by atoms with E-state index in [1.54, 1.807) is 6.07 Å². The third-order valence-corrected chi connectivity index (χ3v) is 4.33. The predicted octanol–water partition coefficient (Wildman–Crippen LogP) is 4.09. The molecule has 0 radical (unpaired) electrons. The largest absolute Gasteiger partial charge is 0.357 e. The summed E-state index contributed by atoms with van der Waals surface area (Å²) in [6.07, 6.45) is 2.34. The molecule has 106 valence electrons.